The van der Waals surface area contributed by atoms with Crippen molar-refractivity contribution in [1.29, 1.82) is 0 Å². The SMILES string of the molecule is CNCc1scc(C)c1S(=O)(=O)NCCC1CCCO1. The van der Waals surface area contributed by atoms with Crippen LogP contribution in [-0.2, 0) is 21.3 Å². The van der Waals surface area contributed by atoms with Crippen molar-refractivity contribution >= 4 is 21.4 Å². The van der Waals surface area contributed by atoms with E-state index in [2.05, 4.69) is 10.0 Å². The molecule has 0 saturated carbocycles. The Labute approximate surface area is 124 Å². The summed E-state index contributed by atoms with van der Waals surface area (Å²) in [5.41, 5.74) is 0.810. The molecule has 114 valence electrons. The predicted octanol–water partition coefficient (Wildman–Crippen LogP) is 1.62. The molecule has 2 rings (SSSR count). The van der Waals surface area contributed by atoms with Gasteiger partial charge in [0.2, 0.25) is 10.0 Å². The summed E-state index contributed by atoms with van der Waals surface area (Å²) < 4.78 is 33.0. The summed E-state index contributed by atoms with van der Waals surface area (Å²) in [6, 6.07) is 0. The van der Waals surface area contributed by atoms with E-state index in [1.165, 1.54) is 11.3 Å². The minimum atomic E-state index is -3.43. The van der Waals surface area contributed by atoms with Crippen LogP contribution in [0.4, 0.5) is 0 Å². The Morgan fingerprint density at radius 2 is 2.30 bits per heavy atom. The Hall–Kier alpha value is -0.470. The smallest absolute Gasteiger partial charge is 0.241 e. The number of hydrogen-bond acceptors (Lipinski definition) is 5. The zero-order valence-corrected chi connectivity index (χ0v) is 13.6. The highest BCUT2D eigenvalue weighted by Crippen LogP contribution is 2.26. The van der Waals surface area contributed by atoms with Crippen molar-refractivity contribution < 1.29 is 13.2 Å². The number of aryl methyl sites for hydroxylation is 1. The minimum absolute atomic E-state index is 0.207. The fraction of sp³-hybridized carbons (Fsp3) is 0.692. The second-order valence-electron chi connectivity index (χ2n) is 5.02. The molecule has 0 aliphatic carbocycles. The van der Waals surface area contributed by atoms with Crippen molar-refractivity contribution in [3.63, 3.8) is 0 Å². The molecule has 2 heterocycles. The summed E-state index contributed by atoms with van der Waals surface area (Å²) in [7, 11) is -1.61. The van der Waals surface area contributed by atoms with E-state index in [1.807, 2.05) is 19.4 Å². The number of ether oxygens (including phenoxy) is 1. The number of thiophene rings is 1. The Morgan fingerprint density at radius 1 is 1.50 bits per heavy atom. The normalized spacial score (nSPS) is 19.6. The lowest BCUT2D eigenvalue weighted by Crippen LogP contribution is -2.28. The van der Waals surface area contributed by atoms with Gasteiger partial charge in [-0.25, -0.2) is 13.1 Å². The molecule has 2 N–H and O–H groups in total. The van der Waals surface area contributed by atoms with Crippen LogP contribution in [0.1, 0.15) is 29.7 Å². The van der Waals surface area contributed by atoms with E-state index in [-0.39, 0.29) is 6.10 Å². The zero-order chi connectivity index (χ0) is 14.6. The van der Waals surface area contributed by atoms with Gasteiger partial charge >= 0.3 is 0 Å². The van der Waals surface area contributed by atoms with Crippen molar-refractivity contribution in [2.24, 2.45) is 0 Å². The number of nitrogens with one attached hydrogen (secondary N) is 2. The highest BCUT2D eigenvalue weighted by molar-refractivity contribution is 7.89. The molecule has 0 amide bonds. The topological polar surface area (TPSA) is 67.4 Å². The Kier molecular flexibility index (Phi) is 5.57. The third kappa shape index (κ3) is 3.79. The highest BCUT2D eigenvalue weighted by Gasteiger charge is 2.23. The molecule has 0 aromatic carbocycles. The van der Waals surface area contributed by atoms with Gasteiger partial charge in [-0.15, -0.1) is 11.3 Å². The van der Waals surface area contributed by atoms with Crippen molar-refractivity contribution in [2.45, 2.75) is 43.7 Å². The van der Waals surface area contributed by atoms with Crippen LogP contribution in [0, 0.1) is 6.92 Å². The van der Waals surface area contributed by atoms with Gasteiger partial charge in [-0.3, -0.25) is 0 Å². The van der Waals surface area contributed by atoms with E-state index in [1.54, 1.807) is 0 Å². The maximum absolute atomic E-state index is 12.4. The summed E-state index contributed by atoms with van der Waals surface area (Å²) in [6.07, 6.45) is 3.06. The summed E-state index contributed by atoms with van der Waals surface area (Å²) in [5, 5.41) is 4.90. The Morgan fingerprint density at radius 3 is 2.95 bits per heavy atom. The summed E-state index contributed by atoms with van der Waals surface area (Å²) >= 11 is 1.48. The molecular weight excluding hydrogens is 296 g/mol. The first-order chi connectivity index (χ1) is 9.54. The van der Waals surface area contributed by atoms with Crippen LogP contribution in [-0.4, -0.2) is 34.7 Å². The van der Waals surface area contributed by atoms with Crippen molar-refractivity contribution in [2.75, 3.05) is 20.2 Å². The fourth-order valence-corrected chi connectivity index (χ4v) is 5.30. The maximum atomic E-state index is 12.4. The average molecular weight is 318 g/mol. The first-order valence-corrected chi connectivity index (χ1v) is 9.23. The lowest BCUT2D eigenvalue weighted by atomic mass is 10.2. The van der Waals surface area contributed by atoms with Crippen LogP contribution in [0.2, 0.25) is 0 Å². The van der Waals surface area contributed by atoms with Crippen molar-refractivity contribution in [1.82, 2.24) is 10.0 Å². The molecule has 0 radical (unpaired) electrons. The predicted molar refractivity (Wildman–Crippen MR) is 80.6 cm³/mol. The molecule has 20 heavy (non-hydrogen) atoms. The monoisotopic (exact) mass is 318 g/mol. The minimum Gasteiger partial charge on any atom is -0.378 e. The highest BCUT2D eigenvalue weighted by atomic mass is 32.2. The maximum Gasteiger partial charge on any atom is 0.241 e. The van der Waals surface area contributed by atoms with Gasteiger partial charge in [0, 0.05) is 24.6 Å². The van der Waals surface area contributed by atoms with Crippen molar-refractivity contribution in [3.8, 4) is 0 Å². The molecule has 1 unspecified atom stereocenters. The second kappa shape index (κ2) is 7.00. The van der Waals surface area contributed by atoms with Crippen LogP contribution in [0.3, 0.4) is 0 Å². The summed E-state index contributed by atoms with van der Waals surface area (Å²) in [4.78, 5) is 1.29. The van der Waals surface area contributed by atoms with Gasteiger partial charge in [-0.1, -0.05) is 0 Å². The Bertz CT molecular complexity index is 534. The van der Waals surface area contributed by atoms with E-state index in [0.717, 1.165) is 36.3 Å². The molecule has 0 spiro atoms. The van der Waals surface area contributed by atoms with Gasteiger partial charge in [0.05, 0.1) is 6.10 Å². The molecule has 1 aromatic heterocycles. The van der Waals surface area contributed by atoms with Crippen LogP contribution in [0.5, 0.6) is 0 Å². The van der Waals surface area contributed by atoms with E-state index in [0.29, 0.717) is 18.0 Å². The average Bonchev–Trinajstić information content (AvgIpc) is 3.00. The fourth-order valence-electron chi connectivity index (χ4n) is 2.43. The molecule has 1 fully saturated rings. The molecule has 1 saturated heterocycles. The van der Waals surface area contributed by atoms with Gasteiger partial charge in [0.15, 0.2) is 0 Å². The number of sulfonamides is 1. The Balaban J connectivity index is 2.00. The molecule has 7 heteroatoms. The van der Waals surface area contributed by atoms with Crippen LogP contribution < -0.4 is 10.0 Å². The summed E-state index contributed by atoms with van der Waals surface area (Å²) in [5.74, 6) is 0. The van der Waals surface area contributed by atoms with Gasteiger partial charge in [-0.05, 0) is 44.2 Å². The molecule has 1 aromatic rings. The van der Waals surface area contributed by atoms with E-state index in [9.17, 15) is 8.42 Å². The zero-order valence-electron chi connectivity index (χ0n) is 11.9. The molecule has 1 atom stereocenters. The largest absolute Gasteiger partial charge is 0.378 e. The summed E-state index contributed by atoms with van der Waals surface area (Å²) in [6.45, 7) is 3.64. The van der Waals surface area contributed by atoms with E-state index in [4.69, 9.17) is 4.74 Å². The molecule has 1 aliphatic heterocycles. The first-order valence-electron chi connectivity index (χ1n) is 6.87. The lowest BCUT2D eigenvalue weighted by Gasteiger charge is -2.12. The third-order valence-corrected chi connectivity index (χ3v) is 6.30. The van der Waals surface area contributed by atoms with Gasteiger partial charge in [0.1, 0.15) is 4.90 Å². The van der Waals surface area contributed by atoms with Crippen LogP contribution >= 0.6 is 11.3 Å². The van der Waals surface area contributed by atoms with E-state index < -0.39 is 10.0 Å². The van der Waals surface area contributed by atoms with Crippen LogP contribution in [0.15, 0.2) is 10.3 Å². The van der Waals surface area contributed by atoms with E-state index >= 15 is 0 Å². The lowest BCUT2D eigenvalue weighted by molar-refractivity contribution is 0.105. The molecule has 1 aliphatic rings. The van der Waals surface area contributed by atoms with Crippen molar-refractivity contribution in [3.05, 3.63) is 15.8 Å². The number of rotatable bonds is 7. The molecule has 0 bridgehead atoms. The second-order valence-corrected chi connectivity index (χ2v) is 7.69. The first kappa shape index (κ1) is 15.9. The third-order valence-electron chi connectivity index (χ3n) is 3.38. The van der Waals surface area contributed by atoms with Gasteiger partial charge in [-0.2, -0.15) is 0 Å². The van der Waals surface area contributed by atoms with Gasteiger partial charge in [0.25, 0.3) is 0 Å². The number of hydrogen-bond donors (Lipinski definition) is 2. The quantitative estimate of drug-likeness (QED) is 0.802. The molecular formula is C13H22N2O3S2. The standard InChI is InChI=1S/C13H22N2O3S2/c1-10-9-19-12(8-14-2)13(10)20(16,17)15-6-5-11-4-3-7-18-11/h9,11,14-15H,3-8H2,1-2H3. The molecule has 5 nitrogen and oxygen atoms in total. The van der Waals surface area contributed by atoms with Gasteiger partial charge < -0.3 is 10.1 Å². The van der Waals surface area contributed by atoms with Crippen LogP contribution in [0.25, 0.3) is 0 Å².